The van der Waals surface area contributed by atoms with Crippen LogP contribution in [0.1, 0.15) is 72.1 Å². The number of Topliss-reactive ketones (excluding diaryl/α,β-unsaturated/α-hetero) is 2. The molecule has 0 saturated heterocycles. The quantitative estimate of drug-likeness (QED) is 0.276. The van der Waals surface area contributed by atoms with Gasteiger partial charge in [0.2, 0.25) is 11.6 Å². The molecule has 0 bridgehead atoms. The monoisotopic (exact) mass is 524 g/mol. The summed E-state index contributed by atoms with van der Waals surface area (Å²) in [7, 11) is 7.79. The third-order valence-corrected chi connectivity index (χ3v) is 8.56. The molecule has 8 nitrogen and oxygen atoms in total. The maximum atomic E-state index is 13.1. The van der Waals surface area contributed by atoms with Crippen molar-refractivity contribution >= 4 is 11.6 Å². The molecule has 1 aromatic carbocycles. The molecule has 0 aliphatic heterocycles. The Kier molecular flexibility index (Phi) is 9.16. The molecule has 2 aliphatic rings. The van der Waals surface area contributed by atoms with E-state index in [1.807, 2.05) is 28.2 Å². The van der Waals surface area contributed by atoms with Crippen molar-refractivity contribution in [3.05, 3.63) is 35.4 Å². The molecule has 2 saturated carbocycles. The molecule has 0 radical (unpaired) electrons. The van der Waals surface area contributed by atoms with Crippen LogP contribution in [-0.4, -0.2) is 96.3 Å². The molecule has 0 heterocycles. The second kappa shape index (κ2) is 11.6. The van der Waals surface area contributed by atoms with Gasteiger partial charge in [0, 0.05) is 11.1 Å². The van der Waals surface area contributed by atoms with Crippen molar-refractivity contribution in [1.29, 1.82) is 10.5 Å². The SMILES string of the molecule is C[N+](C)(CC(=O)c1ccc(C(=O)C[N+](C)(C)CC2CCCCC2(O)C#N)cc1)CC1CCCCC1(O)C#N. The lowest BCUT2D eigenvalue weighted by Crippen LogP contribution is -2.53. The molecule has 4 unspecified atom stereocenters. The van der Waals surface area contributed by atoms with E-state index in [-0.39, 0.29) is 36.5 Å². The predicted octanol–water partition coefficient (Wildman–Crippen LogP) is 3.09. The van der Waals surface area contributed by atoms with Crippen molar-refractivity contribution in [3.63, 3.8) is 0 Å². The Morgan fingerprint density at radius 2 is 1.11 bits per heavy atom. The fraction of sp³-hybridized carbons (Fsp3) is 0.667. The number of nitrogens with zero attached hydrogens (tertiary/aromatic N) is 4. The first-order valence-corrected chi connectivity index (χ1v) is 13.8. The predicted molar refractivity (Wildman–Crippen MR) is 144 cm³/mol. The Labute approximate surface area is 227 Å². The van der Waals surface area contributed by atoms with E-state index in [0.29, 0.717) is 46.0 Å². The second-order valence-electron chi connectivity index (χ2n) is 12.9. The fourth-order valence-electron chi connectivity index (χ4n) is 6.36. The highest BCUT2D eigenvalue weighted by atomic mass is 16.3. The van der Waals surface area contributed by atoms with Crippen molar-refractivity contribution in [2.24, 2.45) is 11.8 Å². The number of benzene rings is 1. The number of likely N-dealkylation sites (N-methyl/N-ethyl adjacent to an activating group) is 2. The maximum absolute atomic E-state index is 13.1. The van der Waals surface area contributed by atoms with Gasteiger partial charge in [-0.3, -0.25) is 9.59 Å². The first kappa shape index (κ1) is 29.9. The van der Waals surface area contributed by atoms with Gasteiger partial charge in [-0.05, 0) is 38.5 Å². The molecule has 2 fully saturated rings. The number of nitriles is 2. The highest BCUT2D eigenvalue weighted by molar-refractivity contribution is 6.00. The summed E-state index contributed by atoms with van der Waals surface area (Å²) in [6.07, 6.45) is 6.17. The zero-order valence-electron chi connectivity index (χ0n) is 23.4. The van der Waals surface area contributed by atoms with E-state index < -0.39 is 11.2 Å². The van der Waals surface area contributed by atoms with Crippen LogP contribution in [0.5, 0.6) is 0 Å². The third kappa shape index (κ3) is 7.27. The molecular formula is C30H44N4O4+2. The maximum Gasteiger partial charge on any atom is 0.216 e. The Hall–Kier alpha value is -2.62. The minimum Gasteiger partial charge on any atom is -0.375 e. The number of carbonyl (C=O) groups is 2. The Balaban J connectivity index is 1.60. The van der Waals surface area contributed by atoms with E-state index >= 15 is 0 Å². The van der Waals surface area contributed by atoms with Gasteiger partial charge in [0.15, 0.2) is 11.2 Å². The van der Waals surface area contributed by atoms with Crippen molar-refractivity contribution < 1.29 is 28.8 Å². The van der Waals surface area contributed by atoms with Crippen molar-refractivity contribution in [2.45, 2.75) is 62.6 Å². The number of quaternary nitrogens is 2. The van der Waals surface area contributed by atoms with Crippen molar-refractivity contribution in [1.82, 2.24) is 0 Å². The van der Waals surface area contributed by atoms with Crippen LogP contribution in [-0.2, 0) is 0 Å². The number of hydrogen-bond donors (Lipinski definition) is 2. The van der Waals surface area contributed by atoms with Crippen LogP contribution in [0.25, 0.3) is 0 Å². The van der Waals surface area contributed by atoms with Gasteiger partial charge < -0.3 is 19.2 Å². The summed E-state index contributed by atoms with van der Waals surface area (Å²) in [4.78, 5) is 26.1. The van der Waals surface area contributed by atoms with Crippen molar-refractivity contribution in [3.8, 4) is 12.1 Å². The number of hydrogen-bond acceptors (Lipinski definition) is 6. The van der Waals surface area contributed by atoms with E-state index in [4.69, 9.17) is 0 Å². The normalized spacial score (nSPS) is 28.2. The van der Waals surface area contributed by atoms with Crippen LogP contribution in [0.15, 0.2) is 24.3 Å². The molecule has 38 heavy (non-hydrogen) atoms. The molecule has 206 valence electrons. The Bertz CT molecular complexity index is 1010. The average Bonchev–Trinajstić information content (AvgIpc) is 2.86. The minimum atomic E-state index is -1.32. The van der Waals surface area contributed by atoms with Crippen LogP contribution in [0, 0.1) is 34.5 Å². The molecule has 1 aromatic rings. The van der Waals surface area contributed by atoms with Crippen LogP contribution in [0.4, 0.5) is 0 Å². The molecular weight excluding hydrogens is 480 g/mol. The Morgan fingerprint density at radius 1 is 0.763 bits per heavy atom. The second-order valence-corrected chi connectivity index (χ2v) is 12.9. The lowest BCUT2D eigenvalue weighted by Gasteiger charge is -2.40. The number of aliphatic hydroxyl groups is 2. The standard InChI is InChI=1S/C30H44N4O4/c1-33(2,17-25-9-5-7-15-29(25,37)21-31)19-27(35)23-11-13-24(14-12-23)28(36)20-34(3,4)18-26-10-6-8-16-30(26,38)22-32/h11-14,25-26,37-38H,5-10,15-20H2,1-4H3/q+2. The Morgan fingerprint density at radius 3 is 1.42 bits per heavy atom. The topological polar surface area (TPSA) is 122 Å². The number of carbonyl (C=O) groups excluding carboxylic acids is 2. The van der Waals surface area contributed by atoms with Crippen LogP contribution in [0.2, 0.25) is 0 Å². The molecule has 0 spiro atoms. The van der Waals surface area contributed by atoms with Gasteiger partial charge in [-0.15, -0.1) is 0 Å². The molecule has 8 heteroatoms. The minimum absolute atomic E-state index is 0.0468. The lowest BCUT2D eigenvalue weighted by molar-refractivity contribution is -0.886. The van der Waals surface area contributed by atoms with Gasteiger partial charge in [-0.1, -0.05) is 37.1 Å². The summed E-state index contributed by atoms with van der Waals surface area (Å²) in [5, 5.41) is 40.5. The summed E-state index contributed by atoms with van der Waals surface area (Å²) in [5.41, 5.74) is -1.59. The van der Waals surface area contributed by atoms with E-state index in [9.17, 15) is 30.3 Å². The van der Waals surface area contributed by atoms with Gasteiger partial charge in [0.1, 0.15) is 13.1 Å². The number of ketones is 2. The fourth-order valence-corrected chi connectivity index (χ4v) is 6.36. The van der Waals surface area contributed by atoms with Crippen LogP contribution >= 0.6 is 0 Å². The summed E-state index contributed by atoms with van der Waals surface area (Å²) in [6, 6.07) is 11.0. The molecule has 4 atom stereocenters. The average molecular weight is 525 g/mol. The zero-order chi connectivity index (χ0) is 28.2. The van der Waals surface area contributed by atoms with Crippen LogP contribution in [0.3, 0.4) is 0 Å². The van der Waals surface area contributed by atoms with E-state index in [0.717, 1.165) is 38.5 Å². The van der Waals surface area contributed by atoms with Crippen LogP contribution < -0.4 is 0 Å². The summed E-state index contributed by atoms with van der Waals surface area (Å²) in [5.74, 6) is -0.421. The van der Waals surface area contributed by atoms with Gasteiger partial charge in [0.25, 0.3) is 0 Å². The molecule has 0 amide bonds. The molecule has 2 aliphatic carbocycles. The molecule has 3 rings (SSSR count). The smallest absolute Gasteiger partial charge is 0.216 e. The van der Waals surface area contributed by atoms with Gasteiger partial charge >= 0.3 is 0 Å². The zero-order valence-corrected chi connectivity index (χ0v) is 23.4. The molecule has 0 aromatic heterocycles. The largest absolute Gasteiger partial charge is 0.375 e. The van der Waals surface area contributed by atoms with E-state index in [1.54, 1.807) is 24.3 Å². The van der Waals surface area contributed by atoms with Gasteiger partial charge in [-0.2, -0.15) is 10.5 Å². The highest BCUT2D eigenvalue weighted by Crippen LogP contribution is 2.36. The summed E-state index contributed by atoms with van der Waals surface area (Å²) in [6.45, 7) is 1.55. The highest BCUT2D eigenvalue weighted by Gasteiger charge is 2.44. The summed E-state index contributed by atoms with van der Waals surface area (Å²) < 4.78 is 0.742. The van der Waals surface area contributed by atoms with Gasteiger partial charge in [0.05, 0.1) is 65.3 Å². The third-order valence-electron chi connectivity index (χ3n) is 8.56. The summed E-state index contributed by atoms with van der Waals surface area (Å²) >= 11 is 0. The number of rotatable bonds is 10. The first-order valence-electron chi connectivity index (χ1n) is 13.8. The van der Waals surface area contributed by atoms with E-state index in [2.05, 4.69) is 12.1 Å². The van der Waals surface area contributed by atoms with Gasteiger partial charge in [-0.25, -0.2) is 0 Å². The molecule has 2 N–H and O–H groups in total. The van der Waals surface area contributed by atoms with E-state index in [1.165, 1.54) is 0 Å². The lowest BCUT2D eigenvalue weighted by atomic mass is 9.75. The van der Waals surface area contributed by atoms with Crippen molar-refractivity contribution in [2.75, 3.05) is 54.4 Å². The first-order chi connectivity index (χ1) is 17.7.